The van der Waals surface area contributed by atoms with Crippen molar-refractivity contribution < 1.29 is 9.47 Å². The van der Waals surface area contributed by atoms with Crippen LogP contribution in [0.3, 0.4) is 0 Å². The van der Waals surface area contributed by atoms with Crippen molar-refractivity contribution in [1.82, 2.24) is 10.3 Å². The molecule has 110 valence electrons. The molecule has 0 aliphatic carbocycles. The molecule has 1 aromatic carbocycles. The molecule has 0 amide bonds. The van der Waals surface area contributed by atoms with Crippen molar-refractivity contribution in [2.24, 2.45) is 0 Å². The molecular weight excluding hydrogens is 264 g/mol. The summed E-state index contributed by atoms with van der Waals surface area (Å²) in [5, 5.41) is 3.50. The van der Waals surface area contributed by atoms with Gasteiger partial charge in [-0.25, -0.2) is 0 Å². The van der Waals surface area contributed by atoms with Gasteiger partial charge < -0.3 is 14.8 Å². The van der Waals surface area contributed by atoms with Crippen LogP contribution in [0.5, 0.6) is 11.5 Å². The van der Waals surface area contributed by atoms with Crippen LogP contribution in [0.25, 0.3) is 0 Å². The highest BCUT2D eigenvalue weighted by Gasteiger charge is 2.11. The number of fused-ring (bicyclic) bond motifs is 1. The molecule has 3 rings (SSSR count). The molecule has 4 nitrogen and oxygen atoms in total. The first kappa shape index (κ1) is 13.9. The molecule has 0 radical (unpaired) electrons. The highest BCUT2D eigenvalue weighted by atomic mass is 16.5. The molecule has 0 spiro atoms. The second-order valence-electron chi connectivity index (χ2n) is 5.22. The average molecular weight is 284 g/mol. The monoisotopic (exact) mass is 284 g/mol. The molecule has 1 N–H and O–H groups in total. The van der Waals surface area contributed by atoms with E-state index in [4.69, 9.17) is 9.47 Å². The number of nitrogens with zero attached hydrogens (tertiary/aromatic N) is 1. The van der Waals surface area contributed by atoms with E-state index in [9.17, 15) is 0 Å². The number of ether oxygens (including phenoxy) is 2. The van der Waals surface area contributed by atoms with Crippen LogP contribution >= 0.6 is 0 Å². The molecule has 0 fully saturated rings. The van der Waals surface area contributed by atoms with E-state index in [1.165, 1.54) is 11.1 Å². The van der Waals surface area contributed by atoms with E-state index in [-0.39, 0.29) is 6.04 Å². The summed E-state index contributed by atoms with van der Waals surface area (Å²) in [7, 11) is 0. The number of pyridine rings is 1. The van der Waals surface area contributed by atoms with Crippen molar-refractivity contribution in [3.8, 4) is 11.5 Å². The molecule has 0 saturated heterocycles. The number of nitrogens with one attached hydrogen (secondary N) is 1. The number of aromatic nitrogens is 1. The SMILES string of the molecule is CC(NCc1ccc2c(c1)OCCCO2)c1cccnc1. The Hall–Kier alpha value is -2.07. The first-order valence-electron chi connectivity index (χ1n) is 7.35. The van der Waals surface area contributed by atoms with E-state index in [0.29, 0.717) is 0 Å². The average Bonchev–Trinajstić information content (AvgIpc) is 2.78. The van der Waals surface area contributed by atoms with Gasteiger partial charge in [0.1, 0.15) is 0 Å². The number of benzene rings is 1. The summed E-state index contributed by atoms with van der Waals surface area (Å²) in [5.74, 6) is 1.69. The van der Waals surface area contributed by atoms with Crippen molar-refractivity contribution >= 4 is 0 Å². The fraction of sp³-hybridized carbons (Fsp3) is 0.353. The Kier molecular flexibility index (Phi) is 4.36. The molecule has 1 unspecified atom stereocenters. The van der Waals surface area contributed by atoms with Crippen LogP contribution in [-0.4, -0.2) is 18.2 Å². The van der Waals surface area contributed by atoms with Gasteiger partial charge in [0.15, 0.2) is 11.5 Å². The summed E-state index contributed by atoms with van der Waals surface area (Å²) in [6.45, 7) is 4.37. The molecule has 2 aromatic rings. The van der Waals surface area contributed by atoms with Crippen LogP contribution in [0, 0.1) is 0 Å². The predicted octanol–water partition coefficient (Wildman–Crippen LogP) is 3.09. The Morgan fingerprint density at radius 1 is 1.19 bits per heavy atom. The molecule has 1 atom stereocenters. The largest absolute Gasteiger partial charge is 0.490 e. The van der Waals surface area contributed by atoms with Crippen molar-refractivity contribution in [3.63, 3.8) is 0 Å². The van der Waals surface area contributed by atoms with Crippen LogP contribution in [0.2, 0.25) is 0 Å². The highest BCUT2D eigenvalue weighted by Crippen LogP contribution is 2.30. The Labute approximate surface area is 125 Å². The summed E-state index contributed by atoms with van der Waals surface area (Å²) >= 11 is 0. The van der Waals surface area contributed by atoms with Gasteiger partial charge in [0, 0.05) is 31.4 Å². The van der Waals surface area contributed by atoms with E-state index >= 15 is 0 Å². The number of hydrogen-bond acceptors (Lipinski definition) is 4. The molecule has 1 aliphatic heterocycles. The van der Waals surface area contributed by atoms with Gasteiger partial charge in [-0.2, -0.15) is 0 Å². The van der Waals surface area contributed by atoms with Crippen LogP contribution in [-0.2, 0) is 6.54 Å². The van der Waals surface area contributed by atoms with Gasteiger partial charge in [0.05, 0.1) is 13.2 Å². The summed E-state index contributed by atoms with van der Waals surface area (Å²) < 4.78 is 11.4. The maximum atomic E-state index is 5.72. The fourth-order valence-corrected chi connectivity index (χ4v) is 2.34. The lowest BCUT2D eigenvalue weighted by molar-refractivity contribution is 0.297. The van der Waals surface area contributed by atoms with Crippen LogP contribution in [0.1, 0.15) is 30.5 Å². The van der Waals surface area contributed by atoms with Gasteiger partial charge in [0.2, 0.25) is 0 Å². The Morgan fingerprint density at radius 2 is 2.05 bits per heavy atom. The van der Waals surface area contributed by atoms with Crippen LogP contribution < -0.4 is 14.8 Å². The van der Waals surface area contributed by atoms with Gasteiger partial charge in [-0.3, -0.25) is 4.98 Å². The zero-order valence-electron chi connectivity index (χ0n) is 12.2. The Bertz CT molecular complexity index is 587. The lowest BCUT2D eigenvalue weighted by atomic mass is 10.1. The third kappa shape index (κ3) is 3.52. The lowest BCUT2D eigenvalue weighted by Crippen LogP contribution is -2.18. The van der Waals surface area contributed by atoms with Gasteiger partial charge >= 0.3 is 0 Å². The normalized spacial score (nSPS) is 15.3. The van der Waals surface area contributed by atoms with Gasteiger partial charge in [-0.1, -0.05) is 12.1 Å². The van der Waals surface area contributed by atoms with Gasteiger partial charge in [-0.15, -0.1) is 0 Å². The topological polar surface area (TPSA) is 43.4 Å². The molecule has 0 bridgehead atoms. The second kappa shape index (κ2) is 6.59. The Morgan fingerprint density at radius 3 is 2.86 bits per heavy atom. The number of rotatable bonds is 4. The Balaban J connectivity index is 1.64. The van der Waals surface area contributed by atoms with Crippen molar-refractivity contribution in [2.45, 2.75) is 25.9 Å². The van der Waals surface area contributed by atoms with Crippen LogP contribution in [0.4, 0.5) is 0 Å². The molecule has 0 saturated carbocycles. The van der Waals surface area contributed by atoms with E-state index in [1.54, 1.807) is 6.20 Å². The quantitative estimate of drug-likeness (QED) is 0.937. The van der Waals surface area contributed by atoms with Gasteiger partial charge in [-0.05, 0) is 36.2 Å². The molecule has 21 heavy (non-hydrogen) atoms. The molecular formula is C17H20N2O2. The van der Waals surface area contributed by atoms with Crippen LogP contribution in [0.15, 0.2) is 42.7 Å². The summed E-state index contributed by atoms with van der Waals surface area (Å²) in [4.78, 5) is 4.15. The molecule has 1 aromatic heterocycles. The maximum Gasteiger partial charge on any atom is 0.161 e. The van der Waals surface area contributed by atoms with Crippen molar-refractivity contribution in [3.05, 3.63) is 53.9 Å². The first-order valence-corrected chi connectivity index (χ1v) is 7.35. The van der Waals surface area contributed by atoms with Gasteiger partial charge in [0.25, 0.3) is 0 Å². The molecule has 4 heteroatoms. The minimum atomic E-state index is 0.259. The first-order chi connectivity index (χ1) is 10.3. The number of hydrogen-bond donors (Lipinski definition) is 1. The predicted molar refractivity (Wildman–Crippen MR) is 81.5 cm³/mol. The van der Waals surface area contributed by atoms with E-state index < -0.39 is 0 Å². The zero-order chi connectivity index (χ0) is 14.5. The zero-order valence-corrected chi connectivity index (χ0v) is 12.2. The van der Waals surface area contributed by atoms with Crippen molar-refractivity contribution in [2.75, 3.05) is 13.2 Å². The highest BCUT2D eigenvalue weighted by molar-refractivity contribution is 5.43. The summed E-state index contributed by atoms with van der Waals surface area (Å²) in [6.07, 6.45) is 4.62. The minimum Gasteiger partial charge on any atom is -0.490 e. The molecule has 2 heterocycles. The summed E-state index contributed by atoms with van der Waals surface area (Å²) in [5.41, 5.74) is 2.38. The fourth-order valence-electron chi connectivity index (χ4n) is 2.34. The molecule has 1 aliphatic rings. The second-order valence-corrected chi connectivity index (χ2v) is 5.22. The van der Waals surface area contributed by atoms with E-state index in [0.717, 1.165) is 37.7 Å². The lowest BCUT2D eigenvalue weighted by Gasteiger charge is -2.15. The third-order valence-electron chi connectivity index (χ3n) is 3.61. The maximum absolute atomic E-state index is 5.72. The third-order valence-corrected chi connectivity index (χ3v) is 3.61. The van der Waals surface area contributed by atoms with E-state index in [1.807, 2.05) is 18.3 Å². The minimum absolute atomic E-state index is 0.259. The van der Waals surface area contributed by atoms with E-state index in [2.05, 4.69) is 35.4 Å². The summed E-state index contributed by atoms with van der Waals surface area (Å²) in [6, 6.07) is 10.4. The smallest absolute Gasteiger partial charge is 0.161 e. The standard InChI is InChI=1S/C17H20N2O2/c1-13(15-4-2-7-18-12-15)19-11-14-5-6-16-17(10-14)21-9-3-8-20-16/h2,4-7,10,12-13,19H,3,8-9,11H2,1H3. The van der Waals surface area contributed by atoms with Crippen molar-refractivity contribution in [1.29, 1.82) is 0 Å².